The lowest BCUT2D eigenvalue weighted by atomic mass is 10.1. The first-order chi connectivity index (χ1) is 12.2. The lowest BCUT2D eigenvalue weighted by molar-refractivity contribution is -0.189. The van der Waals surface area contributed by atoms with E-state index in [1.165, 1.54) is 23.9 Å². The second-order valence-electron chi connectivity index (χ2n) is 6.02. The third-order valence-electron chi connectivity index (χ3n) is 4.07. The Morgan fingerprint density at radius 2 is 2.23 bits per heavy atom. The minimum atomic E-state index is -4.44. The maximum atomic E-state index is 12.6. The minimum Gasteiger partial charge on any atom is -0.481 e. The van der Waals surface area contributed by atoms with E-state index in [0.29, 0.717) is 11.4 Å². The molecule has 0 aromatic heterocycles. The molecule has 2 rings (SSSR count). The molecular weight excluding hydrogens is 389 g/mol. The number of nitrogens with one attached hydrogen (secondary N) is 1. The summed E-state index contributed by atoms with van der Waals surface area (Å²) in [4.78, 5) is 12.6. The number of rotatable bonds is 6. The summed E-state index contributed by atoms with van der Waals surface area (Å²) in [6, 6.07) is 6.34. The highest BCUT2D eigenvalue weighted by molar-refractivity contribution is 8.00. The predicted octanol–water partition coefficient (Wildman–Crippen LogP) is 4.57. The number of amides is 1. The van der Waals surface area contributed by atoms with Gasteiger partial charge < -0.3 is 10.1 Å². The van der Waals surface area contributed by atoms with Gasteiger partial charge >= 0.3 is 6.18 Å². The number of carbonyl (C=O) groups is 1. The van der Waals surface area contributed by atoms with E-state index in [2.05, 4.69) is 5.32 Å². The Morgan fingerprint density at radius 3 is 2.85 bits per heavy atom. The van der Waals surface area contributed by atoms with Crippen LogP contribution in [0.4, 0.5) is 13.2 Å². The van der Waals surface area contributed by atoms with Crippen molar-refractivity contribution < 1.29 is 22.7 Å². The molecule has 0 heterocycles. The first-order valence-electron chi connectivity index (χ1n) is 8.05. The van der Waals surface area contributed by atoms with Gasteiger partial charge in [0, 0.05) is 16.1 Å². The van der Waals surface area contributed by atoms with Crippen LogP contribution < -0.4 is 10.1 Å². The van der Waals surface area contributed by atoms with Gasteiger partial charge in [-0.15, -0.1) is 11.8 Å². The largest absolute Gasteiger partial charge is 0.481 e. The summed E-state index contributed by atoms with van der Waals surface area (Å²) in [7, 11) is 0. The summed E-state index contributed by atoms with van der Waals surface area (Å²) in [6.07, 6.45) is -4.13. The van der Waals surface area contributed by atoms with E-state index in [1.807, 2.05) is 6.07 Å². The number of nitrogens with zero attached hydrogens (tertiary/aromatic N) is 1. The molecule has 1 aromatic rings. The highest BCUT2D eigenvalue weighted by Gasteiger charge is 2.38. The summed E-state index contributed by atoms with van der Waals surface area (Å²) in [5, 5.41) is 11.6. The van der Waals surface area contributed by atoms with Gasteiger partial charge in [-0.1, -0.05) is 11.6 Å². The fourth-order valence-corrected chi connectivity index (χ4v) is 4.22. The van der Waals surface area contributed by atoms with Gasteiger partial charge in [0.2, 0.25) is 5.91 Å². The van der Waals surface area contributed by atoms with Crippen molar-refractivity contribution in [2.24, 2.45) is 5.92 Å². The summed E-state index contributed by atoms with van der Waals surface area (Å²) in [6.45, 7) is 0.934. The molecular formula is C17H18ClF3N2O2S. The van der Waals surface area contributed by atoms with Crippen LogP contribution in [0.1, 0.15) is 26.2 Å². The first kappa shape index (κ1) is 20.7. The zero-order valence-electron chi connectivity index (χ0n) is 14.0. The van der Waals surface area contributed by atoms with Crippen LogP contribution in [0, 0.1) is 17.2 Å². The van der Waals surface area contributed by atoms with E-state index in [4.69, 9.17) is 21.6 Å². The van der Waals surface area contributed by atoms with E-state index in [9.17, 15) is 18.0 Å². The van der Waals surface area contributed by atoms with Crippen molar-refractivity contribution in [2.75, 3.05) is 6.54 Å². The number of ether oxygens (including phenoxy) is 1. The van der Waals surface area contributed by atoms with Gasteiger partial charge in [-0.3, -0.25) is 4.79 Å². The molecule has 0 bridgehead atoms. The summed E-state index contributed by atoms with van der Waals surface area (Å²) in [5.41, 5.74) is 0. The van der Waals surface area contributed by atoms with Crippen LogP contribution in [0.5, 0.6) is 5.75 Å². The summed E-state index contributed by atoms with van der Waals surface area (Å²) < 4.78 is 42.5. The van der Waals surface area contributed by atoms with Crippen LogP contribution in [0.15, 0.2) is 23.1 Å². The average Bonchev–Trinajstić information content (AvgIpc) is 3.03. The lowest BCUT2D eigenvalue weighted by Crippen LogP contribution is -2.31. The SMILES string of the molecule is C[C@@H](Oc1ccc(SC2CC[C@@H](C(=O)NCC#N)C2)c(Cl)c1)C(F)(F)F. The van der Waals surface area contributed by atoms with E-state index in [1.54, 1.807) is 6.07 Å². The topological polar surface area (TPSA) is 62.1 Å². The zero-order chi connectivity index (χ0) is 19.3. The van der Waals surface area contributed by atoms with E-state index in [-0.39, 0.29) is 29.4 Å². The Morgan fingerprint density at radius 1 is 1.50 bits per heavy atom. The van der Waals surface area contributed by atoms with Crippen LogP contribution in [0.2, 0.25) is 5.02 Å². The molecule has 4 nitrogen and oxygen atoms in total. The van der Waals surface area contributed by atoms with Crippen molar-refractivity contribution in [2.45, 2.75) is 48.6 Å². The van der Waals surface area contributed by atoms with Crippen LogP contribution in [0.3, 0.4) is 0 Å². The quantitative estimate of drug-likeness (QED) is 0.703. The molecule has 0 aliphatic heterocycles. The van der Waals surface area contributed by atoms with E-state index >= 15 is 0 Å². The molecule has 26 heavy (non-hydrogen) atoms. The molecule has 1 aromatic carbocycles. The summed E-state index contributed by atoms with van der Waals surface area (Å²) in [5.74, 6) is -0.190. The van der Waals surface area contributed by atoms with Crippen molar-refractivity contribution in [3.8, 4) is 11.8 Å². The Labute approximate surface area is 159 Å². The molecule has 142 valence electrons. The van der Waals surface area contributed by atoms with E-state index in [0.717, 1.165) is 24.7 Å². The van der Waals surface area contributed by atoms with Crippen molar-refractivity contribution in [3.05, 3.63) is 23.2 Å². The summed E-state index contributed by atoms with van der Waals surface area (Å²) >= 11 is 7.68. The van der Waals surface area contributed by atoms with Crippen LogP contribution in [-0.2, 0) is 4.79 Å². The molecule has 9 heteroatoms. The molecule has 1 fully saturated rings. The smallest absolute Gasteiger partial charge is 0.425 e. The monoisotopic (exact) mass is 406 g/mol. The maximum absolute atomic E-state index is 12.6. The number of halogens is 4. The van der Waals surface area contributed by atoms with Crippen molar-refractivity contribution in [1.29, 1.82) is 5.26 Å². The van der Waals surface area contributed by atoms with Gasteiger partial charge in [-0.2, -0.15) is 18.4 Å². The number of thioether (sulfide) groups is 1. The molecule has 1 amide bonds. The van der Waals surface area contributed by atoms with Gasteiger partial charge in [0.15, 0.2) is 6.10 Å². The van der Waals surface area contributed by atoms with Crippen molar-refractivity contribution in [1.82, 2.24) is 5.32 Å². The molecule has 3 atom stereocenters. The lowest BCUT2D eigenvalue weighted by Gasteiger charge is -2.18. The molecule has 1 aliphatic carbocycles. The highest BCUT2D eigenvalue weighted by atomic mass is 35.5. The first-order valence-corrected chi connectivity index (χ1v) is 9.30. The number of hydrogen-bond acceptors (Lipinski definition) is 4. The maximum Gasteiger partial charge on any atom is 0.425 e. The fourth-order valence-electron chi connectivity index (χ4n) is 2.66. The highest BCUT2D eigenvalue weighted by Crippen LogP contribution is 2.41. The number of alkyl halides is 3. The minimum absolute atomic E-state index is 0.00319. The van der Waals surface area contributed by atoms with Crippen molar-refractivity contribution >= 4 is 29.3 Å². The predicted molar refractivity (Wildman–Crippen MR) is 93.2 cm³/mol. The third kappa shape index (κ3) is 5.71. The van der Waals surface area contributed by atoms with Gasteiger partial charge in [0.1, 0.15) is 12.3 Å². The molecule has 0 saturated heterocycles. The number of carbonyl (C=O) groups excluding carboxylic acids is 1. The van der Waals surface area contributed by atoms with Crippen LogP contribution >= 0.6 is 23.4 Å². The Kier molecular flexibility index (Phi) is 7.07. The molecule has 0 radical (unpaired) electrons. The zero-order valence-corrected chi connectivity index (χ0v) is 15.5. The van der Waals surface area contributed by atoms with E-state index < -0.39 is 12.3 Å². The molecule has 1 saturated carbocycles. The Hall–Kier alpha value is -1.59. The van der Waals surface area contributed by atoms with Gasteiger partial charge in [-0.05, 0) is 44.4 Å². The van der Waals surface area contributed by atoms with Crippen LogP contribution in [0.25, 0.3) is 0 Å². The Balaban J connectivity index is 1.93. The van der Waals surface area contributed by atoms with Crippen molar-refractivity contribution in [3.63, 3.8) is 0 Å². The average molecular weight is 407 g/mol. The number of hydrogen-bond donors (Lipinski definition) is 1. The fraction of sp³-hybridized carbons (Fsp3) is 0.529. The standard InChI is InChI=1S/C17H18ClF3N2O2S/c1-10(17(19,20)21)25-12-3-5-15(14(18)9-12)26-13-4-2-11(8-13)16(24)23-7-6-22/h3,5,9-11,13H,2,4,7-8H2,1H3,(H,23,24)/t10-,11-,13?/m1/s1. The second-order valence-corrected chi connectivity index (χ2v) is 7.77. The molecule has 1 unspecified atom stereocenters. The number of nitriles is 1. The normalized spacial score (nSPS) is 21.1. The van der Waals surface area contributed by atoms with Crippen LogP contribution in [-0.4, -0.2) is 30.0 Å². The molecule has 1 N–H and O–H groups in total. The Bertz CT molecular complexity index is 694. The second kappa shape index (κ2) is 8.87. The molecule has 0 spiro atoms. The van der Waals surface area contributed by atoms with Gasteiger partial charge in [0.25, 0.3) is 0 Å². The molecule has 1 aliphatic rings. The third-order valence-corrected chi connectivity index (χ3v) is 5.86. The van der Waals surface area contributed by atoms with Gasteiger partial charge in [-0.25, -0.2) is 0 Å². The number of benzene rings is 1. The van der Waals surface area contributed by atoms with Gasteiger partial charge in [0.05, 0.1) is 11.1 Å².